The zero-order valence-corrected chi connectivity index (χ0v) is 25.6. The van der Waals surface area contributed by atoms with Gasteiger partial charge in [0.1, 0.15) is 6.04 Å². The van der Waals surface area contributed by atoms with Gasteiger partial charge in [0.15, 0.2) is 0 Å². The van der Waals surface area contributed by atoms with Crippen LogP contribution in [0.25, 0.3) is 10.8 Å². The minimum absolute atomic E-state index is 0.168. The summed E-state index contributed by atoms with van der Waals surface area (Å²) in [6.45, 7) is 4.01. The van der Waals surface area contributed by atoms with Crippen molar-refractivity contribution in [2.45, 2.75) is 51.2 Å². The van der Waals surface area contributed by atoms with Crippen LogP contribution in [0.2, 0.25) is 0 Å². The summed E-state index contributed by atoms with van der Waals surface area (Å²) >= 11 is -2.45. The Hall–Kier alpha value is -4.05. The molecule has 4 aromatic rings. The average Bonchev–Trinajstić information content (AvgIpc) is 3.02. The molecule has 1 amide bonds. The summed E-state index contributed by atoms with van der Waals surface area (Å²) < 4.78 is 30.0. The van der Waals surface area contributed by atoms with Gasteiger partial charge in [0.25, 0.3) is 11.3 Å². The molecule has 0 aromatic heterocycles. The Morgan fingerprint density at radius 2 is 1.56 bits per heavy atom. The predicted molar refractivity (Wildman–Crippen MR) is 172 cm³/mol. The first-order valence-electron chi connectivity index (χ1n) is 14.5. The van der Waals surface area contributed by atoms with Crippen molar-refractivity contribution in [1.29, 1.82) is 0 Å². The first-order valence-corrected chi connectivity index (χ1v) is 15.6. The molecule has 0 bridgehead atoms. The van der Waals surface area contributed by atoms with Crippen molar-refractivity contribution < 1.29 is 23.1 Å². The minimum Gasteiger partial charge on any atom is -0.464 e. The average molecular weight is 602 g/mol. The Morgan fingerprint density at radius 1 is 0.884 bits per heavy atom. The zero-order chi connectivity index (χ0) is 30.8. The number of hydrogen-bond acceptors (Lipinski definition) is 5. The zero-order valence-electron chi connectivity index (χ0n) is 24.7. The van der Waals surface area contributed by atoms with Crippen molar-refractivity contribution in [2.75, 3.05) is 18.0 Å². The van der Waals surface area contributed by atoms with Crippen LogP contribution < -0.4 is 14.9 Å². The molecular formula is C34H39N3O5S. The molecule has 0 saturated carbocycles. The van der Waals surface area contributed by atoms with E-state index in [1.165, 1.54) is 4.31 Å². The van der Waals surface area contributed by atoms with E-state index in [-0.39, 0.29) is 25.5 Å². The number of benzene rings is 4. The van der Waals surface area contributed by atoms with Gasteiger partial charge in [-0.15, -0.1) is 0 Å². The van der Waals surface area contributed by atoms with Gasteiger partial charge in [0.05, 0.1) is 24.8 Å². The Kier molecular flexibility index (Phi) is 11.4. The molecule has 4 unspecified atom stereocenters. The highest BCUT2D eigenvalue weighted by Crippen LogP contribution is 2.33. The van der Waals surface area contributed by atoms with E-state index < -0.39 is 35.2 Å². The SMILES string of the molecule is CCOC(=O)C(Cc1ccc(C(CC)NC)cc1)NC(=O)CC(c1ccccc1)N(c1ccc2ccccc2c1)S(=O)O. The Morgan fingerprint density at radius 3 is 2.19 bits per heavy atom. The van der Waals surface area contributed by atoms with E-state index in [0.29, 0.717) is 11.3 Å². The number of nitrogens with one attached hydrogen (secondary N) is 2. The van der Waals surface area contributed by atoms with Crippen LogP contribution in [-0.2, 0) is 32.0 Å². The maximum Gasteiger partial charge on any atom is 0.328 e. The third kappa shape index (κ3) is 8.28. The van der Waals surface area contributed by atoms with Crippen molar-refractivity contribution >= 4 is 39.6 Å². The first kappa shape index (κ1) is 31.9. The fourth-order valence-corrected chi connectivity index (χ4v) is 6.01. The Bertz CT molecular complexity index is 1530. The number of nitrogens with zero attached hydrogens (tertiary/aromatic N) is 1. The van der Waals surface area contributed by atoms with Gasteiger partial charge in [0.2, 0.25) is 5.91 Å². The number of amides is 1. The minimum atomic E-state index is -2.45. The number of fused-ring (bicyclic) bond motifs is 1. The Balaban J connectivity index is 1.60. The number of esters is 1. The molecule has 0 radical (unpaired) electrons. The second kappa shape index (κ2) is 15.4. The van der Waals surface area contributed by atoms with Crippen LogP contribution in [-0.4, -0.2) is 40.3 Å². The van der Waals surface area contributed by atoms with E-state index in [1.54, 1.807) is 13.0 Å². The van der Waals surface area contributed by atoms with Gasteiger partial charge in [-0.3, -0.25) is 13.7 Å². The summed E-state index contributed by atoms with van der Waals surface area (Å²) in [6.07, 6.45) is 1.02. The molecule has 43 heavy (non-hydrogen) atoms. The number of carbonyl (C=O) groups is 2. The highest BCUT2D eigenvalue weighted by Gasteiger charge is 2.30. The number of carbonyl (C=O) groups excluding carboxylic acids is 2. The van der Waals surface area contributed by atoms with E-state index >= 15 is 0 Å². The van der Waals surface area contributed by atoms with Crippen molar-refractivity contribution in [3.63, 3.8) is 0 Å². The summed E-state index contributed by atoms with van der Waals surface area (Å²) in [7, 11) is 1.92. The first-order chi connectivity index (χ1) is 20.8. The van der Waals surface area contributed by atoms with Gasteiger partial charge in [-0.25, -0.2) is 9.00 Å². The van der Waals surface area contributed by atoms with E-state index in [2.05, 4.69) is 17.6 Å². The molecule has 0 aliphatic rings. The van der Waals surface area contributed by atoms with Crippen molar-refractivity contribution in [3.8, 4) is 0 Å². The van der Waals surface area contributed by atoms with Crippen molar-refractivity contribution in [3.05, 3.63) is 114 Å². The van der Waals surface area contributed by atoms with Crippen LogP contribution in [0.1, 0.15) is 55.5 Å². The lowest BCUT2D eigenvalue weighted by molar-refractivity contribution is -0.147. The van der Waals surface area contributed by atoms with Crippen LogP contribution >= 0.6 is 0 Å². The summed E-state index contributed by atoms with van der Waals surface area (Å²) in [5, 5.41) is 8.03. The molecule has 0 fully saturated rings. The third-order valence-electron chi connectivity index (χ3n) is 7.49. The summed E-state index contributed by atoms with van der Waals surface area (Å²) in [5.41, 5.74) is 3.20. The molecule has 9 heteroatoms. The van der Waals surface area contributed by atoms with Gasteiger partial charge in [-0.05, 0) is 60.0 Å². The van der Waals surface area contributed by atoms with Crippen molar-refractivity contribution in [2.24, 2.45) is 0 Å². The highest BCUT2D eigenvalue weighted by molar-refractivity contribution is 7.80. The number of rotatable bonds is 14. The monoisotopic (exact) mass is 601 g/mol. The molecule has 0 saturated heterocycles. The quantitative estimate of drug-likeness (QED) is 0.123. The van der Waals surface area contributed by atoms with Crippen LogP contribution in [0, 0.1) is 0 Å². The van der Waals surface area contributed by atoms with Crippen LogP contribution in [0.15, 0.2) is 97.1 Å². The van der Waals surface area contributed by atoms with Crippen LogP contribution in [0.4, 0.5) is 5.69 Å². The second-order valence-electron chi connectivity index (χ2n) is 10.3. The normalized spacial score (nSPS) is 14.0. The van der Waals surface area contributed by atoms with Crippen LogP contribution in [0.5, 0.6) is 0 Å². The maximum absolute atomic E-state index is 13.6. The molecule has 0 aliphatic heterocycles. The molecule has 226 valence electrons. The molecule has 4 atom stereocenters. The number of hydrogen-bond donors (Lipinski definition) is 3. The molecule has 3 N–H and O–H groups in total. The van der Waals surface area contributed by atoms with E-state index in [0.717, 1.165) is 28.3 Å². The summed E-state index contributed by atoms with van der Waals surface area (Å²) in [4.78, 5) is 26.5. The van der Waals surface area contributed by atoms with E-state index in [4.69, 9.17) is 4.74 Å². The standard InChI is InChI=1S/C34H39N3O5S/c1-4-30(35-3)26-17-15-24(16-18-26)21-31(34(39)42-5-2)36-33(38)23-32(27-12-7-6-8-13-27)37(43(40)41)29-20-19-25-11-9-10-14-28(25)22-29/h6-20,22,30-32,35H,4-5,21,23H2,1-3H3,(H,36,38)(H,40,41). The van der Waals surface area contributed by atoms with Gasteiger partial charge < -0.3 is 15.4 Å². The summed E-state index contributed by atoms with van der Waals surface area (Å²) in [5.74, 6) is -0.976. The predicted octanol–water partition coefficient (Wildman–Crippen LogP) is 5.88. The summed E-state index contributed by atoms with van der Waals surface area (Å²) in [6, 6.07) is 28.8. The van der Waals surface area contributed by atoms with Crippen LogP contribution in [0.3, 0.4) is 0 Å². The van der Waals surface area contributed by atoms with Crippen molar-refractivity contribution in [1.82, 2.24) is 10.6 Å². The molecule has 8 nitrogen and oxygen atoms in total. The lowest BCUT2D eigenvalue weighted by atomic mass is 9.99. The number of ether oxygens (including phenoxy) is 1. The maximum atomic E-state index is 13.6. The van der Waals surface area contributed by atoms with E-state index in [9.17, 15) is 18.4 Å². The van der Waals surface area contributed by atoms with Gasteiger partial charge in [0, 0.05) is 12.5 Å². The second-order valence-corrected chi connectivity index (χ2v) is 11.1. The molecule has 4 rings (SSSR count). The number of anilines is 1. The topological polar surface area (TPSA) is 108 Å². The molecule has 0 aliphatic carbocycles. The smallest absolute Gasteiger partial charge is 0.328 e. The van der Waals surface area contributed by atoms with E-state index in [1.807, 2.05) is 98.0 Å². The van der Waals surface area contributed by atoms with Gasteiger partial charge >= 0.3 is 5.97 Å². The van der Waals surface area contributed by atoms with Gasteiger partial charge in [-0.1, -0.05) is 91.9 Å². The Labute approximate surface area is 255 Å². The third-order valence-corrected chi connectivity index (χ3v) is 8.29. The molecule has 4 aromatic carbocycles. The largest absolute Gasteiger partial charge is 0.464 e. The molecule has 0 heterocycles. The van der Waals surface area contributed by atoms with Gasteiger partial charge in [-0.2, -0.15) is 0 Å². The molecular weight excluding hydrogens is 562 g/mol. The lowest BCUT2D eigenvalue weighted by Crippen LogP contribution is -2.45. The lowest BCUT2D eigenvalue weighted by Gasteiger charge is -2.30. The fraction of sp³-hybridized carbons (Fsp3) is 0.294. The molecule has 0 spiro atoms. The fourth-order valence-electron chi connectivity index (χ4n) is 5.30. The highest BCUT2D eigenvalue weighted by atomic mass is 32.2.